The molecule has 0 saturated carbocycles. The van der Waals surface area contributed by atoms with Gasteiger partial charge in [0.2, 0.25) is 10.0 Å². The number of carbonyl (C=O) groups is 1. The molecule has 5 nitrogen and oxygen atoms in total. The second-order valence-electron chi connectivity index (χ2n) is 3.56. The number of aliphatic carboxylic acids is 1. The Kier molecular flexibility index (Phi) is 4.89. The number of sulfonamides is 1. The molecular formula is C11H12ClNO4S. The third-order valence-corrected chi connectivity index (χ3v) is 3.59. The standard InChI is InChI=1S/C11H12ClNO4S/c1-8(12)7-13-18(16,17)10-4-2-9(3-5-10)6-11(14)15/h2-5,13H,1,6-7H2,(H,14,15). The van der Waals surface area contributed by atoms with Crippen LogP contribution in [0.4, 0.5) is 0 Å². The number of hydrogen-bond donors (Lipinski definition) is 2. The Balaban J connectivity index is 2.84. The number of benzene rings is 1. The van der Waals surface area contributed by atoms with Crippen LogP contribution in [0.15, 0.2) is 40.8 Å². The summed E-state index contributed by atoms with van der Waals surface area (Å²) in [6.45, 7) is 3.32. The molecule has 0 saturated heterocycles. The fourth-order valence-corrected chi connectivity index (χ4v) is 2.39. The largest absolute Gasteiger partial charge is 0.481 e. The molecule has 18 heavy (non-hydrogen) atoms. The Morgan fingerprint density at radius 1 is 1.33 bits per heavy atom. The van der Waals surface area contributed by atoms with Crippen LogP contribution >= 0.6 is 11.6 Å². The molecule has 98 valence electrons. The number of rotatable bonds is 6. The maximum Gasteiger partial charge on any atom is 0.307 e. The lowest BCUT2D eigenvalue weighted by atomic mass is 10.2. The van der Waals surface area contributed by atoms with Crippen molar-refractivity contribution in [1.82, 2.24) is 4.72 Å². The van der Waals surface area contributed by atoms with Gasteiger partial charge in [-0.25, -0.2) is 13.1 Å². The first-order chi connectivity index (χ1) is 8.31. The molecule has 7 heteroatoms. The highest BCUT2D eigenvalue weighted by Crippen LogP contribution is 2.11. The zero-order valence-electron chi connectivity index (χ0n) is 9.39. The van der Waals surface area contributed by atoms with E-state index in [0.29, 0.717) is 5.56 Å². The minimum atomic E-state index is -3.64. The van der Waals surface area contributed by atoms with Crippen LogP contribution in [0.1, 0.15) is 5.56 Å². The van der Waals surface area contributed by atoms with Crippen molar-refractivity contribution in [3.05, 3.63) is 41.4 Å². The van der Waals surface area contributed by atoms with E-state index in [1.54, 1.807) is 0 Å². The van der Waals surface area contributed by atoms with Gasteiger partial charge in [-0.1, -0.05) is 30.3 Å². The van der Waals surface area contributed by atoms with Crippen LogP contribution in [0.25, 0.3) is 0 Å². The average molecular weight is 290 g/mol. The highest BCUT2D eigenvalue weighted by atomic mass is 35.5. The summed E-state index contributed by atoms with van der Waals surface area (Å²) in [5.74, 6) is -0.970. The molecule has 1 aromatic rings. The fourth-order valence-electron chi connectivity index (χ4n) is 1.22. The molecule has 0 aliphatic carbocycles. The monoisotopic (exact) mass is 289 g/mol. The van der Waals surface area contributed by atoms with E-state index in [0.717, 1.165) is 0 Å². The molecule has 0 fully saturated rings. The van der Waals surface area contributed by atoms with Gasteiger partial charge >= 0.3 is 5.97 Å². The van der Waals surface area contributed by atoms with Gasteiger partial charge < -0.3 is 5.11 Å². The molecule has 2 N–H and O–H groups in total. The van der Waals surface area contributed by atoms with Crippen molar-refractivity contribution in [3.8, 4) is 0 Å². The maximum atomic E-state index is 11.7. The Labute approximate surface area is 110 Å². The van der Waals surface area contributed by atoms with E-state index in [1.807, 2.05) is 0 Å². The zero-order valence-corrected chi connectivity index (χ0v) is 11.0. The predicted octanol–water partition coefficient (Wildman–Crippen LogP) is 1.34. The van der Waals surface area contributed by atoms with Crippen molar-refractivity contribution >= 4 is 27.6 Å². The van der Waals surface area contributed by atoms with Crippen LogP contribution in [0.3, 0.4) is 0 Å². The van der Waals surface area contributed by atoms with Gasteiger partial charge in [0, 0.05) is 11.6 Å². The quantitative estimate of drug-likeness (QED) is 0.828. The predicted molar refractivity (Wildman–Crippen MR) is 68.0 cm³/mol. The number of halogens is 1. The zero-order chi connectivity index (χ0) is 13.8. The Morgan fingerprint density at radius 3 is 2.33 bits per heavy atom. The van der Waals surface area contributed by atoms with Gasteiger partial charge in [0.15, 0.2) is 0 Å². The lowest BCUT2D eigenvalue weighted by Gasteiger charge is -2.06. The van der Waals surface area contributed by atoms with Gasteiger partial charge in [-0.3, -0.25) is 4.79 Å². The summed E-state index contributed by atoms with van der Waals surface area (Å²) in [7, 11) is -3.64. The summed E-state index contributed by atoms with van der Waals surface area (Å²) in [4.78, 5) is 10.5. The molecule has 0 bridgehead atoms. The molecule has 0 atom stereocenters. The Morgan fingerprint density at radius 2 is 1.89 bits per heavy atom. The third kappa shape index (κ3) is 4.48. The van der Waals surface area contributed by atoms with Gasteiger partial charge in [-0.2, -0.15) is 0 Å². The molecular weight excluding hydrogens is 278 g/mol. The Hall–Kier alpha value is -1.37. The first kappa shape index (κ1) is 14.7. The molecule has 0 unspecified atom stereocenters. The second-order valence-corrected chi connectivity index (χ2v) is 5.86. The van der Waals surface area contributed by atoms with Crippen molar-refractivity contribution in [2.75, 3.05) is 6.54 Å². The van der Waals surface area contributed by atoms with E-state index in [2.05, 4.69) is 11.3 Å². The van der Waals surface area contributed by atoms with E-state index >= 15 is 0 Å². The van der Waals surface area contributed by atoms with Crippen molar-refractivity contribution < 1.29 is 18.3 Å². The van der Waals surface area contributed by atoms with Crippen LogP contribution < -0.4 is 4.72 Å². The van der Waals surface area contributed by atoms with Crippen molar-refractivity contribution in [3.63, 3.8) is 0 Å². The summed E-state index contributed by atoms with van der Waals surface area (Å²) in [6, 6.07) is 5.60. The smallest absolute Gasteiger partial charge is 0.307 e. The molecule has 0 heterocycles. The molecule has 0 amide bonds. The van der Waals surface area contributed by atoms with Gasteiger partial charge in [0.1, 0.15) is 0 Å². The summed E-state index contributed by atoms with van der Waals surface area (Å²) < 4.78 is 25.7. The summed E-state index contributed by atoms with van der Waals surface area (Å²) in [5, 5.41) is 8.77. The Bertz CT molecular complexity index is 551. The summed E-state index contributed by atoms with van der Waals surface area (Å²) in [5.41, 5.74) is 0.531. The fraction of sp³-hybridized carbons (Fsp3) is 0.182. The van der Waals surface area contributed by atoms with E-state index in [-0.39, 0.29) is 22.9 Å². The molecule has 1 aromatic carbocycles. The molecule has 0 spiro atoms. The van der Waals surface area contributed by atoms with E-state index in [4.69, 9.17) is 16.7 Å². The van der Waals surface area contributed by atoms with Crippen LogP contribution in [-0.2, 0) is 21.2 Å². The van der Waals surface area contributed by atoms with Crippen molar-refractivity contribution in [1.29, 1.82) is 0 Å². The molecule has 0 aromatic heterocycles. The van der Waals surface area contributed by atoms with Gasteiger partial charge in [-0.15, -0.1) is 0 Å². The number of hydrogen-bond acceptors (Lipinski definition) is 3. The summed E-state index contributed by atoms with van der Waals surface area (Å²) in [6.07, 6.45) is -0.147. The van der Waals surface area contributed by atoms with E-state index in [1.165, 1.54) is 24.3 Å². The molecule has 0 aliphatic heterocycles. The van der Waals surface area contributed by atoms with Crippen LogP contribution in [-0.4, -0.2) is 26.0 Å². The van der Waals surface area contributed by atoms with Gasteiger partial charge in [0.25, 0.3) is 0 Å². The van der Waals surface area contributed by atoms with Crippen molar-refractivity contribution in [2.45, 2.75) is 11.3 Å². The summed E-state index contributed by atoms with van der Waals surface area (Å²) >= 11 is 5.47. The topological polar surface area (TPSA) is 83.5 Å². The molecule has 0 aliphatic rings. The first-order valence-corrected chi connectivity index (χ1v) is 6.81. The van der Waals surface area contributed by atoms with E-state index in [9.17, 15) is 13.2 Å². The number of nitrogens with one attached hydrogen (secondary N) is 1. The lowest BCUT2D eigenvalue weighted by Crippen LogP contribution is -2.24. The minimum Gasteiger partial charge on any atom is -0.481 e. The third-order valence-electron chi connectivity index (χ3n) is 2.04. The SMILES string of the molecule is C=C(Cl)CNS(=O)(=O)c1ccc(CC(=O)O)cc1. The van der Waals surface area contributed by atoms with Gasteiger partial charge in [-0.05, 0) is 17.7 Å². The normalized spacial score (nSPS) is 11.2. The van der Waals surface area contributed by atoms with E-state index < -0.39 is 16.0 Å². The van der Waals surface area contributed by atoms with Gasteiger partial charge in [0.05, 0.1) is 11.3 Å². The number of carboxylic acids is 1. The molecule has 1 rings (SSSR count). The highest BCUT2D eigenvalue weighted by molar-refractivity contribution is 7.89. The van der Waals surface area contributed by atoms with Crippen LogP contribution in [0, 0.1) is 0 Å². The second kappa shape index (κ2) is 5.99. The molecule has 0 radical (unpaired) electrons. The van der Waals surface area contributed by atoms with Crippen molar-refractivity contribution in [2.24, 2.45) is 0 Å². The average Bonchev–Trinajstić information content (AvgIpc) is 2.26. The maximum absolute atomic E-state index is 11.7. The first-order valence-electron chi connectivity index (χ1n) is 4.95. The van der Waals surface area contributed by atoms with Crippen LogP contribution in [0.5, 0.6) is 0 Å². The van der Waals surface area contributed by atoms with Crippen LogP contribution in [0.2, 0.25) is 0 Å². The lowest BCUT2D eigenvalue weighted by molar-refractivity contribution is -0.136. The highest BCUT2D eigenvalue weighted by Gasteiger charge is 2.13. The minimum absolute atomic E-state index is 0.0505. The number of carboxylic acid groups (broad SMARTS) is 1.